The Balaban J connectivity index is 3.22. The number of carbonyl (C=O) groups excluding carboxylic acids is 1. The summed E-state index contributed by atoms with van der Waals surface area (Å²) < 4.78 is 5.24. The van der Waals surface area contributed by atoms with Gasteiger partial charge in [-0.25, -0.2) is 0 Å². The predicted molar refractivity (Wildman–Crippen MR) is 65.1 cm³/mol. The minimum absolute atomic E-state index is 0.0501. The Hall–Kier alpha value is -1.51. The highest BCUT2D eigenvalue weighted by Crippen LogP contribution is 2.28. The highest BCUT2D eigenvalue weighted by atomic mass is 16.5. The third kappa shape index (κ3) is 2.54. The van der Waals surface area contributed by atoms with E-state index in [1.165, 1.54) is 0 Å². The van der Waals surface area contributed by atoms with Gasteiger partial charge in [-0.15, -0.1) is 0 Å². The van der Waals surface area contributed by atoms with Crippen molar-refractivity contribution >= 4 is 5.91 Å². The first-order chi connectivity index (χ1) is 7.40. The average molecular weight is 221 g/mol. The van der Waals surface area contributed by atoms with Gasteiger partial charge in [-0.05, 0) is 23.1 Å². The third-order valence-corrected chi connectivity index (χ3v) is 2.54. The van der Waals surface area contributed by atoms with Gasteiger partial charge in [0.2, 0.25) is 0 Å². The Bertz CT molecular complexity index is 391. The van der Waals surface area contributed by atoms with Crippen molar-refractivity contribution in [1.82, 2.24) is 5.32 Å². The second kappa shape index (κ2) is 4.56. The van der Waals surface area contributed by atoms with Crippen LogP contribution in [0, 0.1) is 0 Å². The molecular formula is C13H19NO2. The molecule has 3 nitrogen and oxygen atoms in total. The molecule has 0 aromatic heterocycles. The van der Waals surface area contributed by atoms with Crippen LogP contribution in [0.5, 0.6) is 5.75 Å². The van der Waals surface area contributed by atoms with Crippen LogP contribution >= 0.6 is 0 Å². The van der Waals surface area contributed by atoms with E-state index in [4.69, 9.17) is 4.74 Å². The lowest BCUT2D eigenvalue weighted by molar-refractivity contribution is 0.0960. The first kappa shape index (κ1) is 12.6. The van der Waals surface area contributed by atoms with Gasteiger partial charge >= 0.3 is 0 Å². The number of ether oxygens (including phenoxy) is 1. The topological polar surface area (TPSA) is 38.3 Å². The summed E-state index contributed by atoms with van der Waals surface area (Å²) in [4.78, 5) is 11.6. The summed E-state index contributed by atoms with van der Waals surface area (Å²) in [7, 11) is 3.19. The summed E-state index contributed by atoms with van der Waals surface area (Å²) >= 11 is 0. The Kier molecular flexibility index (Phi) is 3.58. The summed E-state index contributed by atoms with van der Waals surface area (Å²) in [6, 6.07) is 5.69. The SMILES string of the molecule is CNC(=O)c1ccc(C(C)(C)C)cc1OC. The highest BCUT2D eigenvalue weighted by Gasteiger charge is 2.17. The number of amides is 1. The smallest absolute Gasteiger partial charge is 0.254 e. The molecule has 3 heteroatoms. The number of benzene rings is 1. The summed E-state index contributed by atoms with van der Waals surface area (Å²) in [6.07, 6.45) is 0. The minimum Gasteiger partial charge on any atom is -0.496 e. The lowest BCUT2D eigenvalue weighted by Gasteiger charge is -2.20. The fourth-order valence-electron chi connectivity index (χ4n) is 1.48. The molecule has 0 radical (unpaired) electrons. The van der Waals surface area contributed by atoms with Gasteiger partial charge in [0.1, 0.15) is 5.75 Å². The van der Waals surface area contributed by atoms with Crippen molar-refractivity contribution in [2.45, 2.75) is 26.2 Å². The summed E-state index contributed by atoms with van der Waals surface area (Å²) in [6.45, 7) is 6.38. The van der Waals surface area contributed by atoms with Crippen molar-refractivity contribution in [2.75, 3.05) is 14.2 Å². The van der Waals surface area contributed by atoms with Gasteiger partial charge in [-0.1, -0.05) is 26.8 Å². The maximum atomic E-state index is 11.6. The van der Waals surface area contributed by atoms with Crippen molar-refractivity contribution in [1.29, 1.82) is 0 Å². The van der Waals surface area contributed by atoms with Gasteiger partial charge in [0.05, 0.1) is 12.7 Å². The molecule has 0 aliphatic rings. The van der Waals surface area contributed by atoms with Crippen LogP contribution in [0.25, 0.3) is 0 Å². The molecule has 0 aliphatic heterocycles. The van der Waals surface area contributed by atoms with Gasteiger partial charge in [0.25, 0.3) is 5.91 Å². The Morgan fingerprint density at radius 2 is 1.94 bits per heavy atom. The van der Waals surface area contributed by atoms with E-state index in [0.29, 0.717) is 11.3 Å². The molecule has 0 saturated carbocycles. The quantitative estimate of drug-likeness (QED) is 0.832. The fraction of sp³-hybridized carbons (Fsp3) is 0.462. The molecule has 16 heavy (non-hydrogen) atoms. The molecule has 1 N–H and O–H groups in total. The third-order valence-electron chi connectivity index (χ3n) is 2.54. The van der Waals surface area contributed by atoms with Gasteiger partial charge in [0.15, 0.2) is 0 Å². The van der Waals surface area contributed by atoms with E-state index in [9.17, 15) is 4.79 Å². The van der Waals surface area contributed by atoms with E-state index in [1.807, 2.05) is 12.1 Å². The molecule has 0 aliphatic carbocycles. The predicted octanol–water partition coefficient (Wildman–Crippen LogP) is 2.35. The van der Waals surface area contributed by atoms with Crippen molar-refractivity contribution < 1.29 is 9.53 Å². The largest absolute Gasteiger partial charge is 0.496 e. The number of hydrogen-bond acceptors (Lipinski definition) is 2. The first-order valence-electron chi connectivity index (χ1n) is 5.30. The molecule has 0 unspecified atom stereocenters. The second-order valence-electron chi connectivity index (χ2n) is 4.74. The summed E-state index contributed by atoms with van der Waals surface area (Å²) in [5.74, 6) is 0.490. The fourth-order valence-corrected chi connectivity index (χ4v) is 1.48. The molecule has 88 valence electrons. The first-order valence-corrected chi connectivity index (χ1v) is 5.30. The molecule has 0 heterocycles. The number of carbonyl (C=O) groups is 1. The van der Waals surface area contributed by atoms with Crippen LogP contribution in [0.15, 0.2) is 18.2 Å². The van der Waals surface area contributed by atoms with E-state index in [2.05, 4.69) is 26.1 Å². The van der Waals surface area contributed by atoms with Crippen LogP contribution in [0.2, 0.25) is 0 Å². The van der Waals surface area contributed by atoms with Crippen molar-refractivity contribution in [3.05, 3.63) is 29.3 Å². The molecule has 0 fully saturated rings. The Morgan fingerprint density at radius 3 is 2.38 bits per heavy atom. The molecule has 0 saturated heterocycles. The zero-order chi connectivity index (χ0) is 12.3. The lowest BCUT2D eigenvalue weighted by Crippen LogP contribution is -2.19. The number of hydrogen-bond donors (Lipinski definition) is 1. The molecule has 1 aromatic carbocycles. The van der Waals surface area contributed by atoms with E-state index in [-0.39, 0.29) is 11.3 Å². The maximum Gasteiger partial charge on any atom is 0.254 e. The van der Waals surface area contributed by atoms with E-state index in [0.717, 1.165) is 5.56 Å². The van der Waals surface area contributed by atoms with Gasteiger partial charge in [-0.3, -0.25) is 4.79 Å². The van der Waals surface area contributed by atoms with Gasteiger partial charge in [0, 0.05) is 7.05 Å². The highest BCUT2D eigenvalue weighted by molar-refractivity contribution is 5.96. The molecule has 0 bridgehead atoms. The van der Waals surface area contributed by atoms with Crippen molar-refractivity contribution in [2.24, 2.45) is 0 Å². The molecule has 1 amide bonds. The van der Waals surface area contributed by atoms with Crippen LogP contribution in [0.4, 0.5) is 0 Å². The van der Waals surface area contributed by atoms with Crippen LogP contribution in [0.3, 0.4) is 0 Å². The van der Waals surface area contributed by atoms with Gasteiger partial charge < -0.3 is 10.1 Å². The number of nitrogens with one attached hydrogen (secondary N) is 1. The maximum absolute atomic E-state index is 11.6. The average Bonchev–Trinajstić information content (AvgIpc) is 2.26. The van der Waals surface area contributed by atoms with Crippen LogP contribution in [-0.2, 0) is 5.41 Å². The zero-order valence-corrected chi connectivity index (χ0v) is 10.5. The molecule has 1 rings (SSSR count). The molecule has 0 spiro atoms. The summed E-state index contributed by atoms with van der Waals surface area (Å²) in [5, 5.41) is 2.60. The van der Waals surface area contributed by atoms with Gasteiger partial charge in [-0.2, -0.15) is 0 Å². The van der Waals surface area contributed by atoms with Crippen LogP contribution in [-0.4, -0.2) is 20.1 Å². The second-order valence-corrected chi connectivity index (χ2v) is 4.74. The Labute approximate surface area is 96.8 Å². The number of methoxy groups -OCH3 is 1. The van der Waals surface area contributed by atoms with E-state index < -0.39 is 0 Å². The molecular weight excluding hydrogens is 202 g/mol. The summed E-state index contributed by atoms with van der Waals surface area (Å²) in [5.41, 5.74) is 1.77. The molecule has 1 aromatic rings. The molecule has 0 atom stereocenters. The van der Waals surface area contributed by atoms with E-state index in [1.54, 1.807) is 20.2 Å². The standard InChI is InChI=1S/C13H19NO2/c1-13(2,3)9-6-7-10(12(15)14-4)11(8-9)16-5/h6-8H,1-5H3,(H,14,15). The number of rotatable bonds is 2. The monoisotopic (exact) mass is 221 g/mol. The van der Waals surface area contributed by atoms with Crippen molar-refractivity contribution in [3.8, 4) is 5.75 Å². The van der Waals surface area contributed by atoms with Crippen molar-refractivity contribution in [3.63, 3.8) is 0 Å². The minimum atomic E-state index is -0.127. The van der Waals surface area contributed by atoms with E-state index >= 15 is 0 Å². The zero-order valence-electron chi connectivity index (χ0n) is 10.5. The van der Waals surface area contributed by atoms with Crippen LogP contribution < -0.4 is 10.1 Å². The lowest BCUT2D eigenvalue weighted by atomic mass is 9.86. The normalized spacial score (nSPS) is 11.1. The van der Waals surface area contributed by atoms with Crippen LogP contribution in [0.1, 0.15) is 36.7 Å². The Morgan fingerprint density at radius 1 is 1.31 bits per heavy atom.